The smallest absolute Gasteiger partial charge is 0.167 e. The van der Waals surface area contributed by atoms with Crippen LogP contribution in [-0.2, 0) is 6.54 Å². The Morgan fingerprint density at radius 3 is 2.33 bits per heavy atom. The zero-order valence-corrected chi connectivity index (χ0v) is 14.9. The number of benzene rings is 2. The van der Waals surface area contributed by atoms with Gasteiger partial charge in [-0.1, -0.05) is 30.3 Å². The number of hydrogen-bond acceptors (Lipinski definition) is 3. The number of hydrogen-bond donors (Lipinski definition) is 0. The zero-order chi connectivity index (χ0) is 19.0. The fourth-order valence-electron chi connectivity index (χ4n) is 4.60. The van der Waals surface area contributed by atoms with Crippen LogP contribution in [-0.4, -0.2) is 22.8 Å². The second-order valence-corrected chi connectivity index (χ2v) is 7.50. The minimum Gasteiger partial charge on any atom is -0.294 e. The van der Waals surface area contributed by atoms with Crippen molar-refractivity contribution in [3.05, 3.63) is 70.8 Å². The Labute approximate surface area is 157 Å². The van der Waals surface area contributed by atoms with Crippen LogP contribution in [0.3, 0.4) is 0 Å². The van der Waals surface area contributed by atoms with E-state index in [0.717, 1.165) is 31.5 Å². The van der Waals surface area contributed by atoms with Crippen LogP contribution in [0.25, 0.3) is 0 Å². The van der Waals surface area contributed by atoms with Gasteiger partial charge in [-0.2, -0.15) is 5.26 Å². The van der Waals surface area contributed by atoms with Gasteiger partial charge in [-0.3, -0.25) is 9.69 Å². The highest BCUT2D eigenvalue weighted by atomic mass is 19.2. The number of Topliss-reactive ketones (excluding diaryl/α,β-unsaturated/α-hetero) is 1. The molecule has 4 rings (SSSR count). The van der Waals surface area contributed by atoms with Gasteiger partial charge in [0.05, 0.1) is 11.6 Å². The summed E-state index contributed by atoms with van der Waals surface area (Å²) in [5.41, 5.74) is 1.18. The van der Waals surface area contributed by atoms with E-state index in [1.54, 1.807) is 0 Å². The number of rotatable bonds is 4. The van der Waals surface area contributed by atoms with Crippen molar-refractivity contribution in [1.29, 1.82) is 5.26 Å². The minimum atomic E-state index is -1.10. The molecule has 0 N–H and O–H groups in total. The Bertz CT molecular complexity index is 893. The average molecular weight is 366 g/mol. The van der Waals surface area contributed by atoms with Crippen molar-refractivity contribution in [3.8, 4) is 6.07 Å². The third-order valence-electron chi connectivity index (χ3n) is 5.91. The first-order valence-corrected chi connectivity index (χ1v) is 9.30. The van der Waals surface area contributed by atoms with E-state index in [1.807, 2.05) is 24.3 Å². The predicted molar refractivity (Wildman–Crippen MR) is 96.9 cm³/mol. The molecule has 2 heterocycles. The topological polar surface area (TPSA) is 44.1 Å². The van der Waals surface area contributed by atoms with Crippen LogP contribution in [0.15, 0.2) is 42.5 Å². The van der Waals surface area contributed by atoms with Gasteiger partial charge < -0.3 is 0 Å². The minimum absolute atomic E-state index is 0.0114. The Balaban J connectivity index is 1.53. The molecule has 2 fully saturated rings. The lowest BCUT2D eigenvalue weighted by Crippen LogP contribution is -2.44. The Hall–Kier alpha value is -2.58. The molecule has 0 saturated carbocycles. The molecular weight excluding hydrogens is 346 g/mol. The second-order valence-electron chi connectivity index (χ2n) is 7.50. The van der Waals surface area contributed by atoms with Crippen LogP contribution in [0.5, 0.6) is 0 Å². The van der Waals surface area contributed by atoms with Gasteiger partial charge in [-0.05, 0) is 43.4 Å². The molecule has 0 aliphatic carbocycles. The van der Waals surface area contributed by atoms with Gasteiger partial charge in [-0.25, -0.2) is 8.78 Å². The Morgan fingerprint density at radius 2 is 1.70 bits per heavy atom. The molecule has 2 aliphatic heterocycles. The van der Waals surface area contributed by atoms with E-state index in [1.165, 1.54) is 5.56 Å². The lowest BCUT2D eigenvalue weighted by molar-refractivity contribution is 0.0677. The molecule has 2 bridgehead atoms. The number of halogens is 2. The van der Waals surface area contributed by atoms with E-state index in [4.69, 9.17) is 0 Å². The summed E-state index contributed by atoms with van der Waals surface area (Å²) in [6, 6.07) is 14.4. The fraction of sp³-hybridized carbons (Fsp3) is 0.364. The Kier molecular flexibility index (Phi) is 4.75. The van der Waals surface area contributed by atoms with Crippen LogP contribution >= 0.6 is 0 Å². The van der Waals surface area contributed by atoms with Crippen molar-refractivity contribution in [1.82, 2.24) is 4.90 Å². The highest BCUT2D eigenvalue weighted by Gasteiger charge is 2.43. The first-order valence-electron chi connectivity index (χ1n) is 9.30. The normalized spacial score (nSPS) is 24.6. The molecule has 27 heavy (non-hydrogen) atoms. The van der Waals surface area contributed by atoms with Gasteiger partial charge in [0, 0.05) is 30.1 Å². The second kappa shape index (κ2) is 7.21. The van der Waals surface area contributed by atoms with Gasteiger partial charge in [-0.15, -0.1) is 0 Å². The predicted octanol–water partition coefficient (Wildman–Crippen LogP) is 4.46. The van der Waals surface area contributed by atoms with Crippen molar-refractivity contribution in [2.45, 2.75) is 44.3 Å². The maximum absolute atomic E-state index is 13.6. The maximum atomic E-state index is 13.6. The molecule has 0 amide bonds. The summed E-state index contributed by atoms with van der Waals surface area (Å²) < 4.78 is 27.0. The first kappa shape index (κ1) is 17.8. The number of carbonyl (C=O) groups is 1. The molecular formula is C22H20F2N2O. The number of nitrogens with zero attached hydrogens (tertiary/aromatic N) is 2. The molecule has 0 spiro atoms. The summed E-state index contributed by atoms with van der Waals surface area (Å²) in [6.45, 7) is 0.867. The summed E-state index contributed by atoms with van der Waals surface area (Å²) in [7, 11) is 0. The molecule has 2 aliphatic rings. The van der Waals surface area contributed by atoms with Crippen LogP contribution in [0.4, 0.5) is 8.78 Å². The maximum Gasteiger partial charge on any atom is 0.167 e. The third kappa shape index (κ3) is 3.38. The summed E-state index contributed by atoms with van der Waals surface area (Å²) >= 11 is 0. The number of ketones is 1. The van der Waals surface area contributed by atoms with Gasteiger partial charge in [0.15, 0.2) is 17.4 Å². The van der Waals surface area contributed by atoms with E-state index >= 15 is 0 Å². The van der Waals surface area contributed by atoms with Gasteiger partial charge >= 0.3 is 0 Å². The molecule has 2 aromatic rings. The number of carbonyl (C=O) groups excluding carboxylic acids is 1. The van der Waals surface area contributed by atoms with E-state index in [-0.39, 0.29) is 22.8 Å². The highest BCUT2D eigenvalue weighted by molar-refractivity contribution is 6.00. The first-order chi connectivity index (χ1) is 13.1. The molecule has 138 valence electrons. The molecule has 2 atom stereocenters. The van der Waals surface area contributed by atoms with Gasteiger partial charge in [0.25, 0.3) is 0 Å². The molecule has 0 radical (unpaired) electrons. The van der Waals surface area contributed by atoms with Crippen molar-refractivity contribution in [3.63, 3.8) is 0 Å². The van der Waals surface area contributed by atoms with E-state index < -0.39 is 11.6 Å². The highest BCUT2D eigenvalue weighted by Crippen LogP contribution is 2.41. The van der Waals surface area contributed by atoms with Gasteiger partial charge in [0.1, 0.15) is 0 Å². The molecule has 2 saturated heterocycles. The number of piperidine rings is 1. The number of nitriles is 1. The lowest BCUT2D eigenvalue weighted by atomic mass is 9.83. The molecule has 2 aromatic carbocycles. The standard InChI is InChI=1S/C22H20F2N2O/c23-20-10-16(12-25)19(11-21(20)24)22(27)15-8-17-6-7-18(9-15)26(17)13-14-4-2-1-3-5-14/h1-5,10-11,15,17-18H,6-9,13H2. The van der Waals surface area contributed by atoms with Crippen LogP contribution in [0.1, 0.15) is 47.2 Å². The van der Waals surface area contributed by atoms with E-state index in [2.05, 4.69) is 17.0 Å². The molecule has 0 aromatic heterocycles. The Morgan fingerprint density at radius 1 is 1.07 bits per heavy atom. The van der Waals surface area contributed by atoms with E-state index in [0.29, 0.717) is 24.9 Å². The van der Waals surface area contributed by atoms with Crippen molar-refractivity contribution < 1.29 is 13.6 Å². The summed E-state index contributed by atoms with van der Waals surface area (Å²) in [5.74, 6) is -2.66. The molecule has 2 unspecified atom stereocenters. The summed E-state index contributed by atoms with van der Waals surface area (Å²) in [4.78, 5) is 15.4. The summed E-state index contributed by atoms with van der Waals surface area (Å²) in [6.07, 6.45) is 3.49. The third-order valence-corrected chi connectivity index (χ3v) is 5.91. The quantitative estimate of drug-likeness (QED) is 0.751. The van der Waals surface area contributed by atoms with E-state index in [9.17, 15) is 18.8 Å². The molecule has 3 nitrogen and oxygen atoms in total. The molecule has 5 heteroatoms. The van der Waals surface area contributed by atoms with Gasteiger partial charge in [0.2, 0.25) is 0 Å². The monoisotopic (exact) mass is 366 g/mol. The largest absolute Gasteiger partial charge is 0.294 e. The number of fused-ring (bicyclic) bond motifs is 2. The SMILES string of the molecule is N#Cc1cc(F)c(F)cc1C(=O)C1CC2CCC(C1)N2Cc1ccccc1. The van der Waals surface area contributed by atoms with Crippen molar-refractivity contribution in [2.75, 3.05) is 0 Å². The zero-order valence-electron chi connectivity index (χ0n) is 14.9. The summed E-state index contributed by atoms with van der Waals surface area (Å²) in [5, 5.41) is 9.20. The lowest BCUT2D eigenvalue weighted by Gasteiger charge is -2.38. The van der Waals surface area contributed by atoms with Crippen molar-refractivity contribution >= 4 is 5.78 Å². The van der Waals surface area contributed by atoms with Crippen LogP contribution < -0.4 is 0 Å². The van der Waals surface area contributed by atoms with Crippen LogP contribution in [0, 0.1) is 28.9 Å². The van der Waals surface area contributed by atoms with Crippen LogP contribution in [0.2, 0.25) is 0 Å². The average Bonchev–Trinajstić information content (AvgIpc) is 2.91. The van der Waals surface area contributed by atoms with Crippen molar-refractivity contribution in [2.24, 2.45) is 5.92 Å². The fourth-order valence-corrected chi connectivity index (χ4v) is 4.60.